The summed E-state index contributed by atoms with van der Waals surface area (Å²) in [4.78, 5) is 0. The van der Waals surface area contributed by atoms with Gasteiger partial charge in [0, 0.05) is 10.0 Å². The van der Waals surface area contributed by atoms with Gasteiger partial charge in [-0.05, 0) is 18.2 Å². The van der Waals surface area contributed by atoms with E-state index in [9.17, 15) is 9.50 Å². The van der Waals surface area contributed by atoms with Gasteiger partial charge in [0.15, 0.2) is 0 Å². The van der Waals surface area contributed by atoms with Gasteiger partial charge in [-0.15, -0.1) is 0 Å². The standard InChI is InChI=1S/C13H14BrFO3/c14-9-1-2-11(15)10(3-9)13(7-18-8-13)12(4-16)5-17-6-12/h1-3,16H,4-8H2. The van der Waals surface area contributed by atoms with Crippen LogP contribution in [-0.2, 0) is 14.9 Å². The Morgan fingerprint density at radius 3 is 2.33 bits per heavy atom. The number of rotatable bonds is 3. The van der Waals surface area contributed by atoms with Gasteiger partial charge in [0.2, 0.25) is 0 Å². The third-order valence-electron chi connectivity index (χ3n) is 4.22. The Morgan fingerprint density at radius 2 is 1.89 bits per heavy atom. The Labute approximate surface area is 113 Å². The SMILES string of the molecule is OCC1(C2(c3cc(Br)ccc3F)COC2)COC1. The predicted octanol–water partition coefficient (Wildman–Crippen LogP) is 1.87. The largest absolute Gasteiger partial charge is 0.396 e. The lowest BCUT2D eigenvalue weighted by Crippen LogP contribution is -2.68. The van der Waals surface area contributed by atoms with E-state index in [1.54, 1.807) is 12.1 Å². The van der Waals surface area contributed by atoms with E-state index in [4.69, 9.17) is 9.47 Å². The van der Waals surface area contributed by atoms with E-state index in [1.165, 1.54) is 6.07 Å². The first-order valence-electron chi connectivity index (χ1n) is 5.85. The number of hydrogen-bond acceptors (Lipinski definition) is 3. The minimum atomic E-state index is -0.464. The molecule has 2 heterocycles. The van der Waals surface area contributed by atoms with Crippen molar-refractivity contribution in [2.45, 2.75) is 5.41 Å². The fourth-order valence-electron chi connectivity index (χ4n) is 2.79. The molecule has 0 amide bonds. The summed E-state index contributed by atoms with van der Waals surface area (Å²) in [5, 5.41) is 9.69. The molecule has 2 aliphatic rings. The molecule has 98 valence electrons. The molecule has 1 aromatic rings. The maximum absolute atomic E-state index is 14.1. The van der Waals surface area contributed by atoms with E-state index in [2.05, 4.69) is 15.9 Å². The third-order valence-corrected chi connectivity index (χ3v) is 4.71. The van der Waals surface area contributed by atoms with Gasteiger partial charge in [-0.25, -0.2) is 4.39 Å². The second kappa shape index (κ2) is 4.27. The van der Waals surface area contributed by atoms with Crippen molar-refractivity contribution in [1.29, 1.82) is 0 Å². The fourth-order valence-corrected chi connectivity index (χ4v) is 3.15. The van der Waals surface area contributed by atoms with E-state index in [-0.39, 0.29) is 12.4 Å². The van der Waals surface area contributed by atoms with Crippen LogP contribution in [0.2, 0.25) is 0 Å². The molecular weight excluding hydrogens is 303 g/mol. The van der Waals surface area contributed by atoms with Crippen LogP contribution in [0.15, 0.2) is 22.7 Å². The van der Waals surface area contributed by atoms with Crippen LogP contribution < -0.4 is 0 Å². The van der Waals surface area contributed by atoms with Crippen LogP contribution in [0.3, 0.4) is 0 Å². The van der Waals surface area contributed by atoms with Crippen molar-refractivity contribution < 1.29 is 19.0 Å². The van der Waals surface area contributed by atoms with Gasteiger partial charge in [0.05, 0.1) is 43.9 Å². The minimum Gasteiger partial charge on any atom is -0.396 e. The summed E-state index contributed by atoms with van der Waals surface area (Å²) >= 11 is 3.37. The quantitative estimate of drug-likeness (QED) is 0.925. The highest BCUT2D eigenvalue weighted by molar-refractivity contribution is 9.10. The molecule has 2 saturated heterocycles. The topological polar surface area (TPSA) is 38.7 Å². The molecule has 0 unspecified atom stereocenters. The van der Waals surface area contributed by atoms with Crippen LogP contribution >= 0.6 is 15.9 Å². The van der Waals surface area contributed by atoms with Gasteiger partial charge in [-0.2, -0.15) is 0 Å². The molecule has 5 heteroatoms. The maximum Gasteiger partial charge on any atom is 0.127 e. The number of hydrogen-bond donors (Lipinski definition) is 1. The summed E-state index contributed by atoms with van der Waals surface area (Å²) in [5.41, 5.74) is -0.263. The van der Waals surface area contributed by atoms with E-state index < -0.39 is 10.8 Å². The van der Waals surface area contributed by atoms with Crippen molar-refractivity contribution in [3.63, 3.8) is 0 Å². The molecule has 2 fully saturated rings. The van der Waals surface area contributed by atoms with Crippen LogP contribution in [0.25, 0.3) is 0 Å². The summed E-state index contributed by atoms with van der Waals surface area (Å²) < 4.78 is 25.5. The Bertz CT molecular complexity index is 464. The van der Waals surface area contributed by atoms with Crippen LogP contribution in [0.4, 0.5) is 4.39 Å². The van der Waals surface area contributed by atoms with Crippen molar-refractivity contribution in [3.05, 3.63) is 34.1 Å². The van der Waals surface area contributed by atoms with Crippen LogP contribution in [-0.4, -0.2) is 38.1 Å². The molecule has 0 spiro atoms. The lowest BCUT2D eigenvalue weighted by molar-refractivity contribution is -0.242. The predicted molar refractivity (Wildman–Crippen MR) is 66.9 cm³/mol. The second-order valence-corrected chi connectivity index (χ2v) is 6.05. The van der Waals surface area contributed by atoms with Crippen LogP contribution in [0, 0.1) is 11.2 Å². The number of halogens is 2. The Morgan fingerprint density at radius 1 is 1.22 bits per heavy atom. The van der Waals surface area contributed by atoms with E-state index in [1.807, 2.05) is 0 Å². The van der Waals surface area contributed by atoms with Crippen molar-refractivity contribution >= 4 is 15.9 Å². The monoisotopic (exact) mass is 316 g/mol. The van der Waals surface area contributed by atoms with Crippen molar-refractivity contribution in [2.24, 2.45) is 5.41 Å². The summed E-state index contributed by atoms with van der Waals surface area (Å²) in [6.07, 6.45) is 0. The Kier molecular flexibility index (Phi) is 2.97. The first-order valence-corrected chi connectivity index (χ1v) is 6.65. The fraction of sp³-hybridized carbons (Fsp3) is 0.538. The molecule has 0 radical (unpaired) electrons. The average Bonchev–Trinajstić information content (AvgIpc) is 2.25. The van der Waals surface area contributed by atoms with E-state index in [0.29, 0.717) is 32.0 Å². The normalized spacial score (nSPS) is 24.2. The minimum absolute atomic E-state index is 0.0116. The zero-order valence-corrected chi connectivity index (χ0v) is 11.4. The van der Waals surface area contributed by atoms with Crippen molar-refractivity contribution in [3.8, 4) is 0 Å². The molecule has 0 atom stereocenters. The lowest BCUT2D eigenvalue weighted by Gasteiger charge is -2.58. The van der Waals surface area contributed by atoms with Gasteiger partial charge < -0.3 is 14.6 Å². The van der Waals surface area contributed by atoms with Gasteiger partial charge in [0.1, 0.15) is 5.82 Å². The number of aliphatic hydroxyl groups is 1. The number of ether oxygens (including phenoxy) is 2. The first kappa shape index (κ1) is 12.5. The summed E-state index contributed by atoms with van der Waals surface area (Å²) in [5.74, 6) is -0.249. The highest BCUT2D eigenvalue weighted by Crippen LogP contribution is 2.52. The molecule has 0 aliphatic carbocycles. The molecule has 3 rings (SSSR count). The Balaban J connectivity index is 2.08. The molecule has 0 saturated carbocycles. The molecule has 2 aliphatic heterocycles. The molecule has 0 bridgehead atoms. The second-order valence-electron chi connectivity index (χ2n) is 5.13. The van der Waals surface area contributed by atoms with Gasteiger partial charge in [-0.3, -0.25) is 0 Å². The molecule has 18 heavy (non-hydrogen) atoms. The summed E-state index contributed by atoms with van der Waals surface area (Å²) in [7, 11) is 0. The van der Waals surface area contributed by atoms with E-state index in [0.717, 1.165) is 4.47 Å². The van der Waals surface area contributed by atoms with Crippen LogP contribution in [0.5, 0.6) is 0 Å². The summed E-state index contributed by atoms with van der Waals surface area (Å²) in [6.45, 7) is 1.77. The highest BCUT2D eigenvalue weighted by atomic mass is 79.9. The van der Waals surface area contributed by atoms with Gasteiger partial charge >= 0.3 is 0 Å². The molecule has 1 N–H and O–H groups in total. The van der Waals surface area contributed by atoms with Crippen molar-refractivity contribution in [2.75, 3.05) is 33.0 Å². The van der Waals surface area contributed by atoms with Crippen molar-refractivity contribution in [1.82, 2.24) is 0 Å². The zero-order chi connectivity index (χ0) is 12.8. The molecule has 3 nitrogen and oxygen atoms in total. The zero-order valence-electron chi connectivity index (χ0n) is 9.79. The van der Waals surface area contributed by atoms with E-state index >= 15 is 0 Å². The molecule has 1 aromatic carbocycles. The van der Waals surface area contributed by atoms with Crippen LogP contribution in [0.1, 0.15) is 5.56 Å². The molecule has 0 aromatic heterocycles. The summed E-state index contributed by atoms with van der Waals surface area (Å²) in [6, 6.07) is 4.91. The van der Waals surface area contributed by atoms with Gasteiger partial charge in [-0.1, -0.05) is 15.9 Å². The maximum atomic E-state index is 14.1. The lowest BCUT2D eigenvalue weighted by atomic mass is 9.57. The Hall–Kier alpha value is -0.490. The smallest absolute Gasteiger partial charge is 0.127 e. The number of benzene rings is 1. The number of aliphatic hydroxyl groups excluding tert-OH is 1. The van der Waals surface area contributed by atoms with Gasteiger partial charge in [0.25, 0.3) is 0 Å². The third kappa shape index (κ3) is 1.51. The average molecular weight is 317 g/mol. The highest BCUT2D eigenvalue weighted by Gasteiger charge is 2.61. The first-order chi connectivity index (χ1) is 8.63. The molecular formula is C13H14BrFO3.